The number of H-pyrrole nitrogens is 1. The molecule has 0 aliphatic carbocycles. The molecule has 1 amide bonds. The van der Waals surface area contributed by atoms with E-state index in [2.05, 4.69) is 20.3 Å². The van der Waals surface area contributed by atoms with E-state index in [4.69, 9.17) is 4.74 Å². The fourth-order valence-electron chi connectivity index (χ4n) is 3.05. The van der Waals surface area contributed by atoms with E-state index in [1.54, 1.807) is 37.5 Å². The second-order valence-corrected chi connectivity index (χ2v) is 6.86. The Morgan fingerprint density at radius 2 is 1.97 bits per heavy atom. The van der Waals surface area contributed by atoms with Gasteiger partial charge in [-0.05, 0) is 61.0 Å². The fraction of sp³-hybridized carbons (Fsp3) is 0.130. The summed E-state index contributed by atoms with van der Waals surface area (Å²) in [6.45, 7) is 1.74. The van der Waals surface area contributed by atoms with Crippen molar-refractivity contribution >= 4 is 28.6 Å². The highest BCUT2D eigenvalue weighted by Gasteiger charge is 2.22. The van der Waals surface area contributed by atoms with Gasteiger partial charge in [-0.15, -0.1) is 0 Å². The molecule has 0 bridgehead atoms. The normalized spacial score (nSPS) is 11.8. The number of carbonyl (C=O) groups is 2. The molecule has 0 aliphatic rings. The number of esters is 1. The summed E-state index contributed by atoms with van der Waals surface area (Å²) < 4.78 is 18.4. The Labute approximate surface area is 177 Å². The van der Waals surface area contributed by atoms with Gasteiger partial charge in [-0.1, -0.05) is 6.92 Å². The third kappa shape index (κ3) is 4.58. The van der Waals surface area contributed by atoms with Crippen molar-refractivity contribution < 1.29 is 18.7 Å². The highest BCUT2D eigenvalue weighted by molar-refractivity contribution is 5.98. The third-order valence-electron chi connectivity index (χ3n) is 4.68. The summed E-state index contributed by atoms with van der Waals surface area (Å²) in [6, 6.07) is 14.0. The molecule has 31 heavy (non-hydrogen) atoms. The maximum absolute atomic E-state index is 13.0. The van der Waals surface area contributed by atoms with Crippen molar-refractivity contribution in [2.24, 2.45) is 0 Å². The van der Waals surface area contributed by atoms with Crippen molar-refractivity contribution in [2.45, 2.75) is 19.4 Å². The van der Waals surface area contributed by atoms with Crippen molar-refractivity contribution in [1.29, 1.82) is 0 Å². The lowest BCUT2D eigenvalue weighted by atomic mass is 10.2. The van der Waals surface area contributed by atoms with Crippen LogP contribution >= 0.6 is 0 Å². The zero-order chi connectivity index (χ0) is 21.8. The second-order valence-electron chi connectivity index (χ2n) is 6.86. The quantitative estimate of drug-likeness (QED) is 0.454. The van der Waals surface area contributed by atoms with Crippen molar-refractivity contribution in [3.05, 3.63) is 78.4 Å². The van der Waals surface area contributed by atoms with Crippen LogP contribution in [0.2, 0.25) is 0 Å². The van der Waals surface area contributed by atoms with Crippen molar-refractivity contribution in [3.63, 3.8) is 0 Å². The number of pyridine rings is 1. The predicted molar refractivity (Wildman–Crippen MR) is 114 cm³/mol. The van der Waals surface area contributed by atoms with Crippen LogP contribution in [0, 0.1) is 5.82 Å². The van der Waals surface area contributed by atoms with Crippen molar-refractivity contribution in [2.75, 3.05) is 5.32 Å². The van der Waals surface area contributed by atoms with E-state index in [-0.39, 0.29) is 6.42 Å². The Morgan fingerprint density at radius 3 is 2.68 bits per heavy atom. The molecule has 2 aromatic carbocycles. The van der Waals surface area contributed by atoms with Gasteiger partial charge in [-0.3, -0.25) is 9.78 Å². The van der Waals surface area contributed by atoms with Crippen LogP contribution in [0.15, 0.2) is 67.0 Å². The van der Waals surface area contributed by atoms with Crippen LogP contribution in [0.3, 0.4) is 0 Å². The first-order chi connectivity index (χ1) is 15.0. The molecular formula is C23H19FN4O3. The van der Waals surface area contributed by atoms with Gasteiger partial charge in [-0.2, -0.15) is 0 Å². The number of amides is 1. The molecule has 156 valence electrons. The van der Waals surface area contributed by atoms with E-state index < -0.39 is 23.8 Å². The third-order valence-corrected chi connectivity index (χ3v) is 4.68. The Hall–Kier alpha value is -4.07. The smallest absolute Gasteiger partial charge is 0.338 e. The maximum Gasteiger partial charge on any atom is 0.338 e. The second kappa shape index (κ2) is 8.74. The monoisotopic (exact) mass is 418 g/mol. The lowest BCUT2D eigenvalue weighted by Gasteiger charge is -2.16. The van der Waals surface area contributed by atoms with Crippen LogP contribution in [0.4, 0.5) is 10.1 Å². The number of fused-ring (bicyclic) bond motifs is 1. The number of aromatic amines is 1. The summed E-state index contributed by atoms with van der Waals surface area (Å²) in [5.74, 6) is -0.874. The molecule has 4 aromatic rings. The van der Waals surface area contributed by atoms with Gasteiger partial charge in [0.15, 0.2) is 6.10 Å². The first-order valence-corrected chi connectivity index (χ1v) is 9.71. The van der Waals surface area contributed by atoms with E-state index in [1.807, 2.05) is 12.1 Å². The standard InChI is InChI=1S/C23H19FN4O3/c1-2-20(22(29)26-17-8-6-16(24)7-9-17)31-23(30)14-5-10-18-19(12-14)28-21(27-18)15-4-3-11-25-13-15/h3-13,20H,2H2,1H3,(H,26,29)(H,27,28). The van der Waals surface area contributed by atoms with Crippen LogP contribution < -0.4 is 5.32 Å². The summed E-state index contributed by atoms with van der Waals surface area (Å²) in [5.41, 5.74) is 2.89. The van der Waals surface area contributed by atoms with E-state index >= 15 is 0 Å². The van der Waals surface area contributed by atoms with E-state index in [0.717, 1.165) is 5.56 Å². The molecular weight excluding hydrogens is 399 g/mol. The van der Waals surface area contributed by atoms with Gasteiger partial charge >= 0.3 is 5.97 Å². The van der Waals surface area contributed by atoms with Gasteiger partial charge in [0.1, 0.15) is 11.6 Å². The summed E-state index contributed by atoms with van der Waals surface area (Å²) in [4.78, 5) is 36.9. The molecule has 0 aliphatic heterocycles. The zero-order valence-electron chi connectivity index (χ0n) is 16.6. The first-order valence-electron chi connectivity index (χ1n) is 9.71. The van der Waals surface area contributed by atoms with Crippen LogP contribution in [0.1, 0.15) is 23.7 Å². The number of imidazole rings is 1. The molecule has 4 rings (SSSR count). The summed E-state index contributed by atoms with van der Waals surface area (Å²) >= 11 is 0. The van der Waals surface area contributed by atoms with Gasteiger partial charge in [0.25, 0.3) is 5.91 Å². The molecule has 8 heteroatoms. The Bertz CT molecular complexity index is 1220. The number of carbonyl (C=O) groups excluding carboxylic acids is 2. The lowest BCUT2D eigenvalue weighted by molar-refractivity contribution is -0.124. The Kier molecular flexibility index (Phi) is 5.70. The molecule has 0 spiro atoms. The van der Waals surface area contributed by atoms with Crippen LogP contribution in [0.5, 0.6) is 0 Å². The molecule has 1 unspecified atom stereocenters. The number of nitrogens with zero attached hydrogens (tertiary/aromatic N) is 2. The SMILES string of the molecule is CCC(OC(=O)c1ccc2nc(-c3cccnc3)[nH]c2c1)C(=O)Nc1ccc(F)cc1. The largest absolute Gasteiger partial charge is 0.449 e. The molecule has 2 aromatic heterocycles. The fourth-order valence-corrected chi connectivity index (χ4v) is 3.05. The number of benzene rings is 2. The van der Waals surface area contributed by atoms with Crippen LogP contribution in [0.25, 0.3) is 22.4 Å². The number of hydrogen-bond donors (Lipinski definition) is 2. The van der Waals surface area contributed by atoms with Gasteiger partial charge in [0.2, 0.25) is 0 Å². The number of anilines is 1. The summed E-state index contributed by atoms with van der Waals surface area (Å²) in [6.07, 6.45) is 2.67. The Morgan fingerprint density at radius 1 is 1.16 bits per heavy atom. The highest BCUT2D eigenvalue weighted by Crippen LogP contribution is 2.21. The minimum Gasteiger partial charge on any atom is -0.449 e. The minimum absolute atomic E-state index is 0.288. The Balaban J connectivity index is 1.48. The minimum atomic E-state index is -0.985. The highest BCUT2D eigenvalue weighted by atomic mass is 19.1. The molecule has 1 atom stereocenters. The van der Waals surface area contributed by atoms with Gasteiger partial charge in [0.05, 0.1) is 16.6 Å². The zero-order valence-corrected chi connectivity index (χ0v) is 16.6. The average Bonchev–Trinajstić information content (AvgIpc) is 3.23. The number of rotatable bonds is 6. The number of hydrogen-bond acceptors (Lipinski definition) is 5. The molecule has 2 N–H and O–H groups in total. The van der Waals surface area contributed by atoms with E-state index in [0.29, 0.717) is 28.1 Å². The van der Waals surface area contributed by atoms with Crippen LogP contribution in [-0.2, 0) is 9.53 Å². The number of halogens is 1. The van der Waals surface area contributed by atoms with Crippen LogP contribution in [-0.4, -0.2) is 32.9 Å². The molecule has 0 fully saturated rings. The number of nitrogens with one attached hydrogen (secondary N) is 2. The van der Waals surface area contributed by atoms with Gasteiger partial charge in [-0.25, -0.2) is 14.2 Å². The topological polar surface area (TPSA) is 97.0 Å². The van der Waals surface area contributed by atoms with Crippen molar-refractivity contribution in [3.8, 4) is 11.4 Å². The van der Waals surface area contributed by atoms with Crippen molar-refractivity contribution in [1.82, 2.24) is 15.0 Å². The van der Waals surface area contributed by atoms with Gasteiger partial charge in [0, 0.05) is 23.6 Å². The predicted octanol–water partition coefficient (Wildman–Crippen LogP) is 4.34. The van der Waals surface area contributed by atoms with E-state index in [1.165, 1.54) is 24.3 Å². The molecule has 0 saturated carbocycles. The van der Waals surface area contributed by atoms with Gasteiger partial charge < -0.3 is 15.0 Å². The summed E-state index contributed by atoms with van der Waals surface area (Å²) in [7, 11) is 0. The summed E-state index contributed by atoms with van der Waals surface area (Å²) in [5, 5.41) is 2.62. The molecule has 0 radical (unpaired) electrons. The average molecular weight is 418 g/mol. The maximum atomic E-state index is 13.0. The molecule has 0 saturated heterocycles. The molecule has 2 heterocycles. The van der Waals surface area contributed by atoms with E-state index in [9.17, 15) is 14.0 Å². The lowest BCUT2D eigenvalue weighted by Crippen LogP contribution is -2.32. The molecule has 7 nitrogen and oxygen atoms in total. The number of aromatic nitrogens is 3. The number of ether oxygens (including phenoxy) is 1. The first kappa shape index (κ1) is 20.2.